The first kappa shape index (κ1) is 17.5. The van der Waals surface area contributed by atoms with Crippen LogP contribution in [0.15, 0.2) is 66.3 Å². The second-order valence-electron chi connectivity index (χ2n) is 6.58. The number of amides is 1. The Morgan fingerprint density at radius 3 is 2.75 bits per heavy atom. The monoisotopic (exact) mass is 370 g/mol. The van der Waals surface area contributed by atoms with Crippen molar-refractivity contribution >= 4 is 17.4 Å². The highest BCUT2D eigenvalue weighted by Gasteiger charge is 2.34. The SMILES string of the molecule is CC1=C(C(=O)Nc2ccccc2C)[C@@H](c2cccnc2)n2ncc(C#N)c2N1. The van der Waals surface area contributed by atoms with Crippen molar-refractivity contribution in [2.45, 2.75) is 19.9 Å². The molecule has 3 heterocycles. The van der Waals surface area contributed by atoms with E-state index in [0.29, 0.717) is 22.7 Å². The summed E-state index contributed by atoms with van der Waals surface area (Å²) in [5.41, 5.74) is 4.16. The van der Waals surface area contributed by atoms with Crippen LogP contribution in [0.25, 0.3) is 0 Å². The van der Waals surface area contributed by atoms with Crippen LogP contribution in [-0.2, 0) is 4.79 Å². The molecule has 1 aliphatic heterocycles. The van der Waals surface area contributed by atoms with E-state index < -0.39 is 6.04 Å². The molecule has 7 nitrogen and oxygen atoms in total. The first-order valence-electron chi connectivity index (χ1n) is 8.82. The van der Waals surface area contributed by atoms with Gasteiger partial charge in [-0.3, -0.25) is 9.78 Å². The summed E-state index contributed by atoms with van der Waals surface area (Å²) in [5, 5.41) is 19.9. The van der Waals surface area contributed by atoms with Crippen LogP contribution in [0.1, 0.15) is 29.7 Å². The number of nitrogens with one attached hydrogen (secondary N) is 2. The number of nitriles is 1. The Morgan fingerprint density at radius 2 is 2.04 bits per heavy atom. The molecule has 0 saturated heterocycles. The second kappa shape index (κ2) is 7.00. The minimum absolute atomic E-state index is 0.229. The number of carbonyl (C=O) groups is 1. The number of anilines is 2. The zero-order valence-electron chi connectivity index (χ0n) is 15.5. The fourth-order valence-electron chi connectivity index (χ4n) is 3.38. The molecule has 0 aliphatic carbocycles. The molecule has 0 unspecified atom stereocenters. The molecule has 1 amide bonds. The number of benzene rings is 1. The molecule has 1 atom stereocenters. The van der Waals surface area contributed by atoms with E-state index in [9.17, 15) is 10.1 Å². The zero-order chi connectivity index (χ0) is 19.7. The molecule has 138 valence electrons. The maximum absolute atomic E-state index is 13.3. The summed E-state index contributed by atoms with van der Waals surface area (Å²) in [6.45, 7) is 3.77. The Hall–Kier alpha value is -3.92. The minimum Gasteiger partial charge on any atom is -0.343 e. The first-order chi connectivity index (χ1) is 13.6. The first-order valence-corrected chi connectivity index (χ1v) is 8.82. The Bertz CT molecular complexity index is 1120. The van der Waals surface area contributed by atoms with Gasteiger partial charge in [0.25, 0.3) is 5.91 Å². The third kappa shape index (κ3) is 2.91. The van der Waals surface area contributed by atoms with Crippen molar-refractivity contribution in [1.29, 1.82) is 5.26 Å². The van der Waals surface area contributed by atoms with Gasteiger partial charge in [0, 0.05) is 23.8 Å². The third-order valence-electron chi connectivity index (χ3n) is 4.78. The number of rotatable bonds is 3. The van der Waals surface area contributed by atoms with Gasteiger partial charge in [0.15, 0.2) is 0 Å². The maximum Gasteiger partial charge on any atom is 0.255 e. The highest BCUT2D eigenvalue weighted by atomic mass is 16.1. The van der Waals surface area contributed by atoms with E-state index in [1.165, 1.54) is 6.20 Å². The Labute approximate surface area is 162 Å². The fraction of sp³-hybridized carbons (Fsp3) is 0.143. The third-order valence-corrected chi connectivity index (χ3v) is 4.78. The van der Waals surface area contributed by atoms with Crippen molar-refractivity contribution in [1.82, 2.24) is 14.8 Å². The number of aryl methyl sites for hydroxylation is 1. The van der Waals surface area contributed by atoms with Crippen LogP contribution in [0.5, 0.6) is 0 Å². The fourth-order valence-corrected chi connectivity index (χ4v) is 3.38. The van der Waals surface area contributed by atoms with E-state index in [-0.39, 0.29) is 5.91 Å². The highest BCUT2D eigenvalue weighted by molar-refractivity contribution is 6.06. The molecule has 0 saturated carbocycles. The molecule has 0 bridgehead atoms. The van der Waals surface area contributed by atoms with Crippen LogP contribution >= 0.6 is 0 Å². The molecule has 4 rings (SSSR count). The predicted octanol–water partition coefficient (Wildman–Crippen LogP) is 3.39. The van der Waals surface area contributed by atoms with Crippen LogP contribution in [-0.4, -0.2) is 20.7 Å². The number of allylic oxidation sites excluding steroid dienone is 1. The van der Waals surface area contributed by atoms with Gasteiger partial charge in [-0.15, -0.1) is 0 Å². The molecule has 7 heteroatoms. The lowest BCUT2D eigenvalue weighted by atomic mass is 9.95. The van der Waals surface area contributed by atoms with Crippen LogP contribution in [0, 0.1) is 18.3 Å². The number of hydrogen-bond donors (Lipinski definition) is 2. The van der Waals surface area contributed by atoms with E-state index in [4.69, 9.17) is 0 Å². The molecule has 0 radical (unpaired) electrons. The molecule has 0 fully saturated rings. The second-order valence-corrected chi connectivity index (χ2v) is 6.58. The number of hydrogen-bond acceptors (Lipinski definition) is 5. The molecule has 0 spiro atoms. The van der Waals surface area contributed by atoms with Crippen molar-refractivity contribution in [2.24, 2.45) is 0 Å². The predicted molar refractivity (Wildman–Crippen MR) is 105 cm³/mol. The standard InChI is InChI=1S/C21H18N6O/c1-13-6-3-4-8-17(13)26-21(28)18-14(2)25-20-16(10-22)12-24-27(20)19(18)15-7-5-9-23-11-15/h3-9,11-12,19,25H,1-2H3,(H,26,28)/t19-/m1/s1. The van der Waals surface area contributed by atoms with Crippen LogP contribution in [0.4, 0.5) is 11.5 Å². The van der Waals surface area contributed by atoms with Crippen molar-refractivity contribution in [2.75, 3.05) is 10.6 Å². The molecule has 2 aromatic heterocycles. The summed E-state index contributed by atoms with van der Waals surface area (Å²) in [5.74, 6) is 0.342. The summed E-state index contributed by atoms with van der Waals surface area (Å²) in [6, 6.07) is 13.0. The number of aromatic nitrogens is 3. The lowest BCUT2D eigenvalue weighted by Crippen LogP contribution is -2.31. The highest BCUT2D eigenvalue weighted by Crippen LogP contribution is 2.37. The zero-order valence-corrected chi connectivity index (χ0v) is 15.5. The maximum atomic E-state index is 13.3. The largest absolute Gasteiger partial charge is 0.343 e. The number of fused-ring (bicyclic) bond motifs is 1. The molecular weight excluding hydrogens is 352 g/mol. The summed E-state index contributed by atoms with van der Waals surface area (Å²) < 4.78 is 1.66. The van der Waals surface area contributed by atoms with Gasteiger partial charge in [0.2, 0.25) is 0 Å². The summed E-state index contributed by atoms with van der Waals surface area (Å²) in [4.78, 5) is 17.5. The van der Waals surface area contributed by atoms with E-state index in [2.05, 4.69) is 26.8 Å². The topological polar surface area (TPSA) is 95.6 Å². The molecule has 1 aromatic carbocycles. The molecular formula is C21H18N6O. The number of nitrogens with zero attached hydrogens (tertiary/aromatic N) is 4. The van der Waals surface area contributed by atoms with Gasteiger partial charge < -0.3 is 10.6 Å². The van der Waals surface area contributed by atoms with Crippen molar-refractivity contribution < 1.29 is 4.79 Å². The number of para-hydroxylation sites is 1. The van der Waals surface area contributed by atoms with Crippen LogP contribution in [0.2, 0.25) is 0 Å². The van der Waals surface area contributed by atoms with E-state index >= 15 is 0 Å². The van der Waals surface area contributed by atoms with Gasteiger partial charge in [-0.25, -0.2) is 4.68 Å². The number of pyridine rings is 1. The van der Waals surface area contributed by atoms with E-state index in [1.807, 2.05) is 50.2 Å². The smallest absolute Gasteiger partial charge is 0.255 e. The van der Waals surface area contributed by atoms with Crippen molar-refractivity contribution in [3.63, 3.8) is 0 Å². The Balaban J connectivity index is 1.81. The van der Waals surface area contributed by atoms with Gasteiger partial charge in [0.1, 0.15) is 23.5 Å². The summed E-state index contributed by atoms with van der Waals surface area (Å²) in [6.07, 6.45) is 4.89. The quantitative estimate of drug-likeness (QED) is 0.737. The Morgan fingerprint density at radius 1 is 1.21 bits per heavy atom. The van der Waals surface area contributed by atoms with Gasteiger partial charge in [0.05, 0.1) is 11.8 Å². The molecule has 3 aromatic rings. The van der Waals surface area contributed by atoms with Crippen molar-refractivity contribution in [3.05, 3.63) is 82.9 Å². The molecule has 2 N–H and O–H groups in total. The lowest BCUT2D eigenvalue weighted by molar-refractivity contribution is -0.113. The summed E-state index contributed by atoms with van der Waals surface area (Å²) in [7, 11) is 0. The summed E-state index contributed by atoms with van der Waals surface area (Å²) >= 11 is 0. The number of carbonyl (C=O) groups excluding carboxylic acids is 1. The van der Waals surface area contributed by atoms with E-state index in [1.54, 1.807) is 17.1 Å². The van der Waals surface area contributed by atoms with Gasteiger partial charge in [-0.05, 0) is 37.1 Å². The minimum atomic E-state index is -0.490. The molecule has 1 aliphatic rings. The average Bonchev–Trinajstić information content (AvgIpc) is 3.11. The van der Waals surface area contributed by atoms with Crippen LogP contribution < -0.4 is 10.6 Å². The molecule has 28 heavy (non-hydrogen) atoms. The Kier molecular flexibility index (Phi) is 4.38. The average molecular weight is 370 g/mol. The van der Waals surface area contributed by atoms with Crippen LogP contribution in [0.3, 0.4) is 0 Å². The normalized spacial score (nSPS) is 15.4. The van der Waals surface area contributed by atoms with Gasteiger partial charge in [-0.2, -0.15) is 10.4 Å². The van der Waals surface area contributed by atoms with Gasteiger partial charge in [-0.1, -0.05) is 24.3 Å². The van der Waals surface area contributed by atoms with Crippen molar-refractivity contribution in [3.8, 4) is 6.07 Å². The van der Waals surface area contributed by atoms with E-state index in [0.717, 1.165) is 16.8 Å². The van der Waals surface area contributed by atoms with Gasteiger partial charge >= 0.3 is 0 Å². The lowest BCUT2D eigenvalue weighted by Gasteiger charge is -2.29.